The van der Waals surface area contributed by atoms with Crippen molar-refractivity contribution in [3.05, 3.63) is 41.3 Å². The van der Waals surface area contributed by atoms with Crippen LogP contribution in [0.25, 0.3) is 5.70 Å². The van der Waals surface area contributed by atoms with Crippen LogP contribution >= 0.6 is 11.8 Å². The van der Waals surface area contributed by atoms with Gasteiger partial charge in [-0.2, -0.15) is 0 Å². The Labute approximate surface area is 83.4 Å². The molecule has 0 N–H and O–H groups in total. The van der Waals surface area contributed by atoms with Crippen LogP contribution in [0, 0.1) is 0 Å². The summed E-state index contributed by atoms with van der Waals surface area (Å²) in [6, 6.07) is 10.5. The molecule has 0 radical (unpaired) electrons. The minimum Gasteiger partial charge on any atom is -0.362 e. The zero-order valence-electron chi connectivity index (χ0n) is 7.90. The van der Waals surface area contributed by atoms with E-state index in [4.69, 9.17) is 0 Å². The monoisotopic (exact) mass is 191 g/mol. The second-order valence-corrected chi connectivity index (χ2v) is 4.41. The second kappa shape index (κ2) is 3.46. The van der Waals surface area contributed by atoms with Crippen LogP contribution in [0.5, 0.6) is 0 Å². The zero-order valence-corrected chi connectivity index (χ0v) is 8.71. The molecule has 0 saturated heterocycles. The van der Waals surface area contributed by atoms with Crippen LogP contribution in [0.3, 0.4) is 0 Å². The Balaban J connectivity index is 2.29. The smallest absolute Gasteiger partial charge is 0.0760 e. The first-order valence-electron chi connectivity index (χ1n) is 4.43. The molecule has 0 fully saturated rings. The van der Waals surface area contributed by atoms with Gasteiger partial charge < -0.3 is 4.90 Å². The summed E-state index contributed by atoms with van der Waals surface area (Å²) in [7, 11) is 2.14. The number of benzene rings is 1. The lowest BCUT2D eigenvalue weighted by Gasteiger charge is -2.21. The quantitative estimate of drug-likeness (QED) is 0.671. The van der Waals surface area contributed by atoms with Crippen LogP contribution in [0.4, 0.5) is 0 Å². The molecular weight excluding hydrogens is 178 g/mol. The van der Waals surface area contributed by atoms with E-state index in [2.05, 4.69) is 54.6 Å². The van der Waals surface area contributed by atoms with Crippen LogP contribution in [-0.2, 0) is 0 Å². The number of hydrogen-bond donors (Lipinski definition) is 0. The van der Waals surface area contributed by atoms with Gasteiger partial charge >= 0.3 is 0 Å². The fourth-order valence-corrected chi connectivity index (χ4v) is 2.34. The summed E-state index contributed by atoms with van der Waals surface area (Å²) < 4.78 is 0. The molecule has 1 aromatic carbocycles. The normalized spacial score (nSPS) is 21.8. The van der Waals surface area contributed by atoms with Crippen LogP contribution in [0.2, 0.25) is 0 Å². The maximum Gasteiger partial charge on any atom is 0.0760 e. The van der Waals surface area contributed by atoms with E-state index < -0.39 is 0 Å². The molecule has 1 unspecified atom stereocenters. The number of thioether (sulfide) groups is 1. The van der Waals surface area contributed by atoms with Crippen LogP contribution < -0.4 is 0 Å². The highest BCUT2D eigenvalue weighted by molar-refractivity contribution is 8.03. The predicted octanol–water partition coefficient (Wildman–Crippen LogP) is 3.01. The molecular formula is C11H13NS. The summed E-state index contributed by atoms with van der Waals surface area (Å²) in [5, 5.41) is 2.80. The molecule has 0 saturated carbocycles. The van der Waals surface area contributed by atoms with Crippen molar-refractivity contribution in [1.82, 2.24) is 4.90 Å². The van der Waals surface area contributed by atoms with Crippen molar-refractivity contribution in [2.24, 2.45) is 0 Å². The fourth-order valence-electron chi connectivity index (χ4n) is 1.41. The first kappa shape index (κ1) is 8.70. The minimum atomic E-state index is 0.565. The minimum absolute atomic E-state index is 0.565. The van der Waals surface area contributed by atoms with Gasteiger partial charge in [0.25, 0.3) is 0 Å². The van der Waals surface area contributed by atoms with E-state index in [0.29, 0.717) is 5.37 Å². The second-order valence-electron chi connectivity index (χ2n) is 3.22. The van der Waals surface area contributed by atoms with Crippen molar-refractivity contribution in [3.63, 3.8) is 0 Å². The zero-order chi connectivity index (χ0) is 9.26. The third-order valence-electron chi connectivity index (χ3n) is 2.37. The Morgan fingerprint density at radius 1 is 1.23 bits per heavy atom. The van der Waals surface area contributed by atoms with Gasteiger partial charge in [0, 0.05) is 7.05 Å². The molecule has 0 aliphatic carbocycles. The Bertz CT molecular complexity index is 318. The van der Waals surface area contributed by atoms with E-state index in [-0.39, 0.29) is 0 Å². The third-order valence-corrected chi connectivity index (χ3v) is 3.44. The lowest BCUT2D eigenvalue weighted by Crippen LogP contribution is -2.19. The highest BCUT2D eigenvalue weighted by atomic mass is 32.2. The van der Waals surface area contributed by atoms with Crippen molar-refractivity contribution >= 4 is 17.5 Å². The molecule has 1 aliphatic heterocycles. The molecule has 1 nitrogen and oxygen atoms in total. The number of rotatable bonds is 1. The molecule has 1 atom stereocenters. The van der Waals surface area contributed by atoms with E-state index in [1.165, 1.54) is 11.3 Å². The third kappa shape index (κ3) is 1.59. The first-order valence-corrected chi connectivity index (χ1v) is 5.37. The van der Waals surface area contributed by atoms with Gasteiger partial charge in [-0.25, -0.2) is 0 Å². The molecule has 1 heterocycles. The fraction of sp³-hybridized carbons (Fsp3) is 0.273. The molecule has 2 heteroatoms. The van der Waals surface area contributed by atoms with E-state index >= 15 is 0 Å². The molecule has 0 spiro atoms. The van der Waals surface area contributed by atoms with Crippen LogP contribution in [-0.4, -0.2) is 17.3 Å². The molecule has 13 heavy (non-hydrogen) atoms. The van der Waals surface area contributed by atoms with E-state index in [9.17, 15) is 0 Å². The Morgan fingerprint density at radius 2 is 1.92 bits per heavy atom. The van der Waals surface area contributed by atoms with Crippen LogP contribution in [0.15, 0.2) is 35.7 Å². The van der Waals surface area contributed by atoms with Gasteiger partial charge in [0.2, 0.25) is 0 Å². The molecule has 1 aliphatic rings. The molecule has 0 amide bonds. The van der Waals surface area contributed by atoms with Gasteiger partial charge in [0.05, 0.1) is 11.1 Å². The van der Waals surface area contributed by atoms with E-state index in [1.807, 2.05) is 11.8 Å². The highest BCUT2D eigenvalue weighted by Crippen LogP contribution is 2.34. The average molecular weight is 191 g/mol. The Hall–Kier alpha value is -0.890. The van der Waals surface area contributed by atoms with Crippen molar-refractivity contribution in [3.8, 4) is 0 Å². The summed E-state index contributed by atoms with van der Waals surface area (Å²) in [6.45, 7) is 2.22. The van der Waals surface area contributed by atoms with Crippen molar-refractivity contribution in [2.75, 3.05) is 7.05 Å². The van der Waals surface area contributed by atoms with Crippen molar-refractivity contribution in [1.29, 1.82) is 0 Å². The number of nitrogens with zero attached hydrogens (tertiary/aromatic N) is 1. The average Bonchev–Trinajstić information content (AvgIpc) is 2.49. The van der Waals surface area contributed by atoms with Gasteiger partial charge in [0.1, 0.15) is 0 Å². The van der Waals surface area contributed by atoms with E-state index in [1.54, 1.807) is 0 Å². The van der Waals surface area contributed by atoms with Gasteiger partial charge in [-0.05, 0) is 17.9 Å². The SMILES string of the molecule is CC1SC=C(c2ccccc2)N1C. The Kier molecular flexibility index (Phi) is 2.32. The van der Waals surface area contributed by atoms with Gasteiger partial charge in [-0.1, -0.05) is 30.3 Å². The maximum atomic E-state index is 2.31. The molecule has 68 valence electrons. The summed E-state index contributed by atoms with van der Waals surface area (Å²) in [5.74, 6) is 0. The van der Waals surface area contributed by atoms with E-state index in [0.717, 1.165) is 0 Å². The maximum absolute atomic E-state index is 2.31. The largest absolute Gasteiger partial charge is 0.362 e. The molecule has 1 aromatic rings. The molecule has 2 rings (SSSR count). The van der Waals surface area contributed by atoms with Crippen molar-refractivity contribution in [2.45, 2.75) is 12.3 Å². The van der Waals surface area contributed by atoms with Gasteiger partial charge in [0.15, 0.2) is 0 Å². The van der Waals surface area contributed by atoms with Gasteiger partial charge in [-0.3, -0.25) is 0 Å². The lowest BCUT2D eigenvalue weighted by atomic mass is 10.1. The van der Waals surface area contributed by atoms with Crippen molar-refractivity contribution < 1.29 is 0 Å². The Morgan fingerprint density at radius 3 is 2.46 bits per heavy atom. The predicted molar refractivity (Wildman–Crippen MR) is 59.2 cm³/mol. The summed E-state index contributed by atoms with van der Waals surface area (Å²) in [6.07, 6.45) is 0. The lowest BCUT2D eigenvalue weighted by molar-refractivity contribution is 0.483. The molecule has 0 bridgehead atoms. The van der Waals surface area contributed by atoms with Gasteiger partial charge in [-0.15, -0.1) is 11.8 Å². The summed E-state index contributed by atoms with van der Waals surface area (Å²) in [5.41, 5.74) is 2.64. The summed E-state index contributed by atoms with van der Waals surface area (Å²) >= 11 is 1.87. The number of hydrogen-bond acceptors (Lipinski definition) is 2. The summed E-state index contributed by atoms with van der Waals surface area (Å²) in [4.78, 5) is 2.31. The topological polar surface area (TPSA) is 3.24 Å². The standard InChI is InChI=1S/C11H13NS/c1-9-12(2)11(8-13-9)10-6-4-3-5-7-10/h3-9H,1-2H3. The highest BCUT2D eigenvalue weighted by Gasteiger charge is 2.19. The first-order chi connectivity index (χ1) is 6.29. The van der Waals surface area contributed by atoms with Crippen LogP contribution in [0.1, 0.15) is 12.5 Å². The molecule has 0 aromatic heterocycles.